The fourth-order valence-corrected chi connectivity index (χ4v) is 3.05. The summed E-state index contributed by atoms with van der Waals surface area (Å²) < 4.78 is 39.7. The molecule has 2 N–H and O–H groups in total. The molecule has 2 rings (SSSR count). The number of rotatable bonds is 13. The van der Waals surface area contributed by atoms with Crippen LogP contribution in [-0.4, -0.2) is 55.7 Å². The van der Waals surface area contributed by atoms with E-state index in [1.54, 1.807) is 24.3 Å². The minimum Gasteiger partial charge on any atom is -0.484 e. The molecule has 2 aromatic carbocycles. The summed E-state index contributed by atoms with van der Waals surface area (Å²) in [5.74, 6) is -1.24. The van der Waals surface area contributed by atoms with Gasteiger partial charge in [0.25, 0.3) is 11.8 Å². The van der Waals surface area contributed by atoms with Crippen molar-refractivity contribution in [2.45, 2.75) is 19.1 Å². The van der Waals surface area contributed by atoms with Crippen LogP contribution in [0.15, 0.2) is 54.6 Å². The van der Waals surface area contributed by atoms with Crippen molar-refractivity contribution in [3.05, 3.63) is 54.6 Å². The number of alkyl halides is 2. The molecule has 8 nitrogen and oxygen atoms in total. The van der Waals surface area contributed by atoms with Crippen molar-refractivity contribution in [2.24, 2.45) is 0 Å². The highest BCUT2D eigenvalue weighted by Gasteiger charge is 2.23. The summed E-state index contributed by atoms with van der Waals surface area (Å²) >= 11 is 1.47. The van der Waals surface area contributed by atoms with Crippen molar-refractivity contribution in [2.75, 3.05) is 30.5 Å². The molecule has 33 heavy (non-hydrogen) atoms. The van der Waals surface area contributed by atoms with Crippen molar-refractivity contribution < 1.29 is 37.4 Å². The van der Waals surface area contributed by atoms with E-state index in [-0.39, 0.29) is 24.5 Å². The summed E-state index contributed by atoms with van der Waals surface area (Å²) in [7, 11) is 0. The lowest BCUT2D eigenvalue weighted by Crippen LogP contribution is -2.44. The molecule has 0 heterocycles. The number of anilines is 1. The van der Waals surface area contributed by atoms with Gasteiger partial charge in [-0.15, -0.1) is 0 Å². The average molecular weight is 483 g/mol. The Morgan fingerprint density at radius 1 is 0.970 bits per heavy atom. The predicted molar refractivity (Wildman–Crippen MR) is 120 cm³/mol. The van der Waals surface area contributed by atoms with Crippen molar-refractivity contribution in [1.82, 2.24) is 5.32 Å². The summed E-state index contributed by atoms with van der Waals surface area (Å²) in [5, 5.41) is 4.89. The fraction of sp³-hybridized carbons (Fsp3) is 0.318. The minimum atomic E-state index is -3.06. The van der Waals surface area contributed by atoms with Gasteiger partial charge in [-0.2, -0.15) is 20.5 Å². The van der Waals surface area contributed by atoms with E-state index in [9.17, 15) is 23.2 Å². The first-order valence-electron chi connectivity index (χ1n) is 9.85. The van der Waals surface area contributed by atoms with Crippen LogP contribution < -0.4 is 20.1 Å². The van der Waals surface area contributed by atoms with Gasteiger partial charge in [0.1, 0.15) is 17.5 Å². The molecule has 0 bridgehead atoms. The Bertz CT molecular complexity index is 917. The SMILES string of the molecule is CSCCC(NC(=O)COc1ccccc1)C(=O)OCC(=O)Nc1ccccc1OC(F)F. The standard InChI is InChI=1S/C22H24F2N2O6S/c1-33-12-11-17(26-19(27)13-30-15-7-3-2-4-8-15)21(29)31-14-20(28)25-16-9-5-6-10-18(16)32-22(23)24/h2-10,17,22H,11-14H2,1H3,(H,25,28)(H,26,27). The van der Waals surface area contributed by atoms with Crippen LogP contribution in [0.1, 0.15) is 6.42 Å². The monoisotopic (exact) mass is 482 g/mol. The number of nitrogens with one attached hydrogen (secondary N) is 2. The molecule has 0 radical (unpaired) electrons. The summed E-state index contributed by atoms with van der Waals surface area (Å²) in [6.07, 6.45) is 2.12. The zero-order chi connectivity index (χ0) is 24.1. The Labute approximate surface area is 194 Å². The number of para-hydroxylation sites is 3. The van der Waals surface area contributed by atoms with Gasteiger partial charge >= 0.3 is 12.6 Å². The summed E-state index contributed by atoms with van der Waals surface area (Å²) in [6.45, 7) is -4.03. The van der Waals surface area contributed by atoms with E-state index in [4.69, 9.17) is 9.47 Å². The second-order valence-electron chi connectivity index (χ2n) is 6.53. The van der Waals surface area contributed by atoms with Crippen molar-refractivity contribution in [1.29, 1.82) is 0 Å². The van der Waals surface area contributed by atoms with Crippen molar-refractivity contribution in [3.8, 4) is 11.5 Å². The Morgan fingerprint density at radius 3 is 2.36 bits per heavy atom. The van der Waals surface area contributed by atoms with E-state index >= 15 is 0 Å². The van der Waals surface area contributed by atoms with Gasteiger partial charge in [0.05, 0.1) is 5.69 Å². The summed E-state index contributed by atoms with van der Waals surface area (Å²) in [4.78, 5) is 36.8. The van der Waals surface area contributed by atoms with Gasteiger partial charge in [-0.3, -0.25) is 9.59 Å². The molecule has 1 atom stereocenters. The molecule has 0 saturated heterocycles. The van der Waals surface area contributed by atoms with Crippen LogP contribution in [0.25, 0.3) is 0 Å². The quantitative estimate of drug-likeness (QED) is 0.423. The molecular weight excluding hydrogens is 458 g/mol. The maximum absolute atomic E-state index is 12.5. The Morgan fingerprint density at radius 2 is 1.67 bits per heavy atom. The lowest BCUT2D eigenvalue weighted by atomic mass is 10.2. The number of amides is 2. The van der Waals surface area contributed by atoms with Gasteiger partial charge in [0.15, 0.2) is 13.2 Å². The number of esters is 1. The van der Waals surface area contributed by atoms with Gasteiger partial charge in [-0.25, -0.2) is 4.79 Å². The summed E-state index contributed by atoms with van der Waals surface area (Å²) in [6, 6.07) is 13.3. The second-order valence-corrected chi connectivity index (χ2v) is 7.52. The number of thioether (sulfide) groups is 1. The normalized spacial score (nSPS) is 11.4. The molecule has 2 amide bonds. The smallest absolute Gasteiger partial charge is 0.387 e. The number of hydrogen-bond acceptors (Lipinski definition) is 7. The third kappa shape index (κ3) is 9.77. The summed E-state index contributed by atoms with van der Waals surface area (Å²) in [5.41, 5.74) is 0.00384. The highest BCUT2D eigenvalue weighted by Crippen LogP contribution is 2.25. The topological polar surface area (TPSA) is 103 Å². The molecule has 0 aliphatic rings. The van der Waals surface area contributed by atoms with Crippen molar-refractivity contribution >= 4 is 35.2 Å². The molecule has 0 aliphatic heterocycles. The van der Waals surface area contributed by atoms with E-state index in [1.165, 1.54) is 36.0 Å². The van der Waals surface area contributed by atoms with Crippen LogP contribution in [0, 0.1) is 0 Å². The fourth-order valence-electron chi connectivity index (χ4n) is 2.58. The maximum Gasteiger partial charge on any atom is 0.387 e. The van der Waals surface area contributed by atoms with Gasteiger partial charge in [-0.05, 0) is 42.7 Å². The lowest BCUT2D eigenvalue weighted by Gasteiger charge is -2.18. The molecule has 11 heteroatoms. The van der Waals surface area contributed by atoms with Crippen LogP contribution in [-0.2, 0) is 19.1 Å². The van der Waals surface area contributed by atoms with E-state index in [2.05, 4.69) is 15.4 Å². The zero-order valence-corrected chi connectivity index (χ0v) is 18.6. The molecule has 0 fully saturated rings. The van der Waals surface area contributed by atoms with Crippen LogP contribution in [0.4, 0.5) is 14.5 Å². The third-order valence-corrected chi connectivity index (χ3v) is 4.71. The molecular formula is C22H24F2N2O6S. The van der Waals surface area contributed by atoms with Gasteiger partial charge in [-0.1, -0.05) is 30.3 Å². The number of hydrogen-bond donors (Lipinski definition) is 2. The van der Waals surface area contributed by atoms with Gasteiger partial charge < -0.3 is 24.8 Å². The van der Waals surface area contributed by atoms with E-state index < -0.39 is 37.0 Å². The van der Waals surface area contributed by atoms with Crippen LogP contribution in [0.3, 0.4) is 0 Å². The average Bonchev–Trinajstić information content (AvgIpc) is 2.80. The third-order valence-electron chi connectivity index (χ3n) is 4.07. The lowest BCUT2D eigenvalue weighted by molar-refractivity contribution is -0.150. The predicted octanol–water partition coefficient (Wildman–Crippen LogP) is 3.09. The van der Waals surface area contributed by atoms with Gasteiger partial charge in [0, 0.05) is 0 Å². The number of carbonyl (C=O) groups is 3. The first-order valence-corrected chi connectivity index (χ1v) is 11.2. The largest absolute Gasteiger partial charge is 0.484 e. The Hall–Kier alpha value is -3.34. The van der Waals surface area contributed by atoms with E-state index in [1.807, 2.05) is 12.3 Å². The van der Waals surface area contributed by atoms with E-state index in [0.717, 1.165) is 0 Å². The first-order chi connectivity index (χ1) is 15.9. The molecule has 2 aromatic rings. The number of halogens is 2. The van der Waals surface area contributed by atoms with Crippen LogP contribution in [0.2, 0.25) is 0 Å². The molecule has 0 aliphatic carbocycles. The first kappa shape index (κ1) is 25.9. The Kier molecular flexibility index (Phi) is 10.9. The molecule has 0 spiro atoms. The molecule has 178 valence electrons. The Balaban J connectivity index is 1.87. The zero-order valence-electron chi connectivity index (χ0n) is 17.8. The molecule has 0 aromatic heterocycles. The van der Waals surface area contributed by atoms with Crippen LogP contribution in [0.5, 0.6) is 11.5 Å². The van der Waals surface area contributed by atoms with Crippen LogP contribution >= 0.6 is 11.8 Å². The maximum atomic E-state index is 12.5. The number of carbonyl (C=O) groups excluding carboxylic acids is 3. The van der Waals surface area contributed by atoms with E-state index in [0.29, 0.717) is 11.5 Å². The highest BCUT2D eigenvalue weighted by atomic mass is 32.2. The molecule has 1 unspecified atom stereocenters. The van der Waals surface area contributed by atoms with Gasteiger partial charge in [0.2, 0.25) is 0 Å². The number of ether oxygens (including phenoxy) is 3. The number of benzene rings is 2. The molecule has 0 saturated carbocycles. The second kappa shape index (κ2) is 13.9. The van der Waals surface area contributed by atoms with Crippen molar-refractivity contribution in [3.63, 3.8) is 0 Å². The minimum absolute atomic E-state index is 0.00384. The highest BCUT2D eigenvalue weighted by molar-refractivity contribution is 7.98.